The lowest BCUT2D eigenvalue weighted by atomic mass is 10.2. The van der Waals surface area contributed by atoms with Crippen molar-refractivity contribution < 1.29 is 14.2 Å². The summed E-state index contributed by atoms with van der Waals surface area (Å²) in [4.78, 5) is 4.27. The van der Waals surface area contributed by atoms with Crippen LogP contribution in [-0.4, -0.2) is 33.3 Å². The molecule has 148 valence electrons. The van der Waals surface area contributed by atoms with E-state index < -0.39 is 0 Å². The third-order valence-corrected chi connectivity index (χ3v) is 3.94. The number of nitrogens with two attached hydrogens (primary N) is 1. The number of ether oxygens (including phenoxy) is 3. The SMILES string of the molecule is COc1ccc(OC)c(NC(N)=NCCCOc2ccc(Cl)cc2Cl)c1.I. The molecule has 9 heteroatoms. The van der Waals surface area contributed by atoms with Gasteiger partial charge in [0, 0.05) is 24.1 Å². The van der Waals surface area contributed by atoms with E-state index in [0.29, 0.717) is 52.6 Å². The summed E-state index contributed by atoms with van der Waals surface area (Å²) in [6.07, 6.45) is 0.677. The van der Waals surface area contributed by atoms with Gasteiger partial charge in [-0.05, 0) is 30.3 Å². The van der Waals surface area contributed by atoms with Crippen LogP contribution in [0.15, 0.2) is 41.4 Å². The van der Waals surface area contributed by atoms with E-state index in [0.717, 1.165) is 0 Å². The quantitative estimate of drug-likeness (QED) is 0.223. The number of hydrogen-bond acceptors (Lipinski definition) is 4. The highest BCUT2D eigenvalue weighted by molar-refractivity contribution is 14.0. The number of nitrogens with zero attached hydrogens (tertiary/aromatic N) is 1. The summed E-state index contributed by atoms with van der Waals surface area (Å²) in [5.41, 5.74) is 6.60. The maximum Gasteiger partial charge on any atom is 0.193 e. The number of aliphatic imine (C=N–C) groups is 1. The van der Waals surface area contributed by atoms with Gasteiger partial charge in [-0.3, -0.25) is 4.99 Å². The van der Waals surface area contributed by atoms with Crippen LogP contribution in [0.3, 0.4) is 0 Å². The van der Waals surface area contributed by atoms with Crippen molar-refractivity contribution in [2.24, 2.45) is 10.7 Å². The first-order valence-electron chi connectivity index (χ1n) is 7.90. The summed E-state index contributed by atoms with van der Waals surface area (Å²) < 4.78 is 16.1. The summed E-state index contributed by atoms with van der Waals surface area (Å²) >= 11 is 11.9. The van der Waals surface area contributed by atoms with Crippen molar-refractivity contribution in [2.75, 3.05) is 32.7 Å². The third-order valence-electron chi connectivity index (χ3n) is 3.41. The van der Waals surface area contributed by atoms with Crippen molar-refractivity contribution in [2.45, 2.75) is 6.42 Å². The van der Waals surface area contributed by atoms with Crippen molar-refractivity contribution in [3.05, 3.63) is 46.4 Å². The van der Waals surface area contributed by atoms with Crippen LogP contribution >= 0.6 is 47.2 Å². The van der Waals surface area contributed by atoms with Gasteiger partial charge < -0.3 is 25.3 Å². The molecule has 2 aromatic carbocycles. The Balaban J connectivity index is 0.00000364. The zero-order valence-corrected chi connectivity index (χ0v) is 18.8. The molecule has 0 unspecified atom stereocenters. The van der Waals surface area contributed by atoms with E-state index in [1.807, 2.05) is 0 Å². The number of anilines is 1. The van der Waals surface area contributed by atoms with E-state index in [2.05, 4.69) is 10.3 Å². The molecule has 0 aliphatic rings. The van der Waals surface area contributed by atoms with Gasteiger partial charge in [0.25, 0.3) is 0 Å². The van der Waals surface area contributed by atoms with Crippen LogP contribution in [0.1, 0.15) is 6.42 Å². The molecule has 0 atom stereocenters. The molecule has 0 aliphatic heterocycles. The van der Waals surface area contributed by atoms with Crippen molar-refractivity contribution in [3.63, 3.8) is 0 Å². The summed E-state index contributed by atoms with van der Waals surface area (Å²) in [6.45, 7) is 0.955. The van der Waals surface area contributed by atoms with E-state index in [4.69, 9.17) is 43.1 Å². The maximum atomic E-state index is 6.05. The normalized spacial score (nSPS) is 10.7. The van der Waals surface area contributed by atoms with Crippen molar-refractivity contribution in [1.29, 1.82) is 0 Å². The second kappa shape index (κ2) is 12.0. The standard InChI is InChI=1S/C18H21Cl2N3O3.HI/c1-24-13-5-7-17(25-2)15(11-13)23-18(21)22-8-3-9-26-16-6-4-12(19)10-14(16)20;/h4-7,10-11H,3,8-9H2,1-2H3,(H3,21,22,23);1H. The molecule has 0 saturated carbocycles. The summed E-state index contributed by atoms with van der Waals surface area (Å²) in [6, 6.07) is 10.5. The lowest BCUT2D eigenvalue weighted by Gasteiger charge is -2.12. The molecular weight excluding hydrogens is 504 g/mol. The lowest BCUT2D eigenvalue weighted by molar-refractivity contribution is 0.314. The van der Waals surface area contributed by atoms with E-state index in [-0.39, 0.29) is 29.9 Å². The van der Waals surface area contributed by atoms with Crippen LogP contribution in [0.2, 0.25) is 10.0 Å². The number of methoxy groups -OCH3 is 2. The van der Waals surface area contributed by atoms with Crippen LogP contribution < -0.4 is 25.3 Å². The molecule has 0 radical (unpaired) electrons. The van der Waals surface area contributed by atoms with E-state index >= 15 is 0 Å². The molecule has 6 nitrogen and oxygen atoms in total. The summed E-state index contributed by atoms with van der Waals surface area (Å²) in [7, 11) is 3.18. The van der Waals surface area contributed by atoms with Crippen molar-refractivity contribution in [1.82, 2.24) is 0 Å². The van der Waals surface area contributed by atoms with Gasteiger partial charge >= 0.3 is 0 Å². The molecule has 3 N–H and O–H groups in total. The predicted molar refractivity (Wildman–Crippen MR) is 122 cm³/mol. The van der Waals surface area contributed by atoms with Gasteiger partial charge in [0.1, 0.15) is 17.2 Å². The molecular formula is C18H22Cl2IN3O3. The Morgan fingerprint density at radius 1 is 1.07 bits per heavy atom. The Labute approximate surface area is 186 Å². The Kier molecular flexibility index (Phi) is 10.4. The maximum absolute atomic E-state index is 6.05. The van der Waals surface area contributed by atoms with E-state index in [1.165, 1.54) is 0 Å². The van der Waals surface area contributed by atoms with Crippen molar-refractivity contribution >= 4 is 58.8 Å². The minimum Gasteiger partial charge on any atom is -0.497 e. The molecule has 2 aromatic rings. The van der Waals surface area contributed by atoms with Crippen LogP contribution in [0.25, 0.3) is 0 Å². The van der Waals surface area contributed by atoms with Gasteiger partial charge in [-0.15, -0.1) is 24.0 Å². The molecule has 0 amide bonds. The number of nitrogens with one attached hydrogen (secondary N) is 1. The number of guanidine groups is 1. The van der Waals surface area contributed by atoms with Crippen molar-refractivity contribution in [3.8, 4) is 17.2 Å². The average molecular weight is 526 g/mol. The van der Waals surface area contributed by atoms with Crippen LogP contribution in [0.4, 0.5) is 5.69 Å². The molecule has 0 fully saturated rings. The number of rotatable bonds is 8. The Hall–Kier alpha value is -1.58. The van der Waals surface area contributed by atoms with Gasteiger partial charge in [-0.25, -0.2) is 0 Å². The third kappa shape index (κ3) is 7.51. The fourth-order valence-electron chi connectivity index (χ4n) is 2.13. The summed E-state index contributed by atoms with van der Waals surface area (Å²) in [5.74, 6) is 2.20. The number of hydrogen-bond donors (Lipinski definition) is 2. The second-order valence-corrected chi connectivity index (χ2v) is 6.08. The Bertz CT molecular complexity index is 776. The highest BCUT2D eigenvalue weighted by Crippen LogP contribution is 2.29. The monoisotopic (exact) mass is 525 g/mol. The minimum atomic E-state index is 0. The fourth-order valence-corrected chi connectivity index (χ4v) is 2.59. The topological polar surface area (TPSA) is 78.1 Å². The number of halogens is 3. The first-order chi connectivity index (χ1) is 12.5. The lowest BCUT2D eigenvalue weighted by Crippen LogP contribution is -2.23. The predicted octanol–water partition coefficient (Wildman–Crippen LogP) is 4.82. The highest BCUT2D eigenvalue weighted by atomic mass is 127. The van der Waals surface area contributed by atoms with Gasteiger partial charge in [0.2, 0.25) is 0 Å². The Morgan fingerprint density at radius 2 is 1.81 bits per heavy atom. The van der Waals surface area contributed by atoms with Gasteiger partial charge in [-0.1, -0.05) is 23.2 Å². The van der Waals surface area contributed by atoms with Crippen LogP contribution in [-0.2, 0) is 0 Å². The molecule has 2 rings (SSSR count). The first-order valence-corrected chi connectivity index (χ1v) is 8.66. The zero-order valence-electron chi connectivity index (χ0n) is 15.0. The first kappa shape index (κ1) is 23.5. The molecule has 27 heavy (non-hydrogen) atoms. The molecule has 0 saturated heterocycles. The second-order valence-electron chi connectivity index (χ2n) is 5.23. The minimum absolute atomic E-state index is 0. The number of benzene rings is 2. The molecule has 0 heterocycles. The largest absolute Gasteiger partial charge is 0.497 e. The molecule has 0 aromatic heterocycles. The fraction of sp³-hybridized carbons (Fsp3) is 0.278. The van der Waals surface area contributed by atoms with Gasteiger partial charge in [0.15, 0.2) is 5.96 Å². The summed E-state index contributed by atoms with van der Waals surface area (Å²) in [5, 5.41) is 4.05. The highest BCUT2D eigenvalue weighted by Gasteiger charge is 2.06. The molecule has 0 bridgehead atoms. The van der Waals surface area contributed by atoms with E-state index in [1.54, 1.807) is 50.6 Å². The van der Waals surface area contributed by atoms with Gasteiger partial charge in [0.05, 0.1) is 31.5 Å². The van der Waals surface area contributed by atoms with E-state index in [9.17, 15) is 0 Å². The van der Waals surface area contributed by atoms with Crippen LogP contribution in [0.5, 0.6) is 17.2 Å². The average Bonchev–Trinajstić information content (AvgIpc) is 2.63. The molecule has 0 aliphatic carbocycles. The molecule has 0 spiro atoms. The Morgan fingerprint density at radius 3 is 2.48 bits per heavy atom. The van der Waals surface area contributed by atoms with Crippen LogP contribution in [0, 0.1) is 0 Å². The smallest absolute Gasteiger partial charge is 0.193 e. The zero-order chi connectivity index (χ0) is 18.9. The van der Waals surface area contributed by atoms with Gasteiger partial charge in [-0.2, -0.15) is 0 Å².